The van der Waals surface area contributed by atoms with Crippen molar-refractivity contribution < 1.29 is 9.53 Å². The Morgan fingerprint density at radius 2 is 1.91 bits per heavy atom. The van der Waals surface area contributed by atoms with Crippen LogP contribution in [0.5, 0.6) is 0 Å². The molecule has 7 nitrogen and oxygen atoms in total. The number of aryl methyl sites for hydroxylation is 1. The number of rotatable bonds is 6. The maximum Gasteiger partial charge on any atom is 0.270 e. The number of nitrogens with one attached hydrogen (secondary N) is 1. The van der Waals surface area contributed by atoms with Gasteiger partial charge in [-0.05, 0) is 27.7 Å². The van der Waals surface area contributed by atoms with Crippen molar-refractivity contribution in [1.82, 2.24) is 25.0 Å². The number of aromatic nitrogens is 3. The fraction of sp³-hybridized carbons (Fsp3) is 0.458. The van der Waals surface area contributed by atoms with E-state index in [9.17, 15) is 4.79 Å². The van der Waals surface area contributed by atoms with Crippen LogP contribution in [0.4, 0.5) is 0 Å². The maximum atomic E-state index is 12.7. The summed E-state index contributed by atoms with van der Waals surface area (Å²) >= 11 is 1.48. The van der Waals surface area contributed by atoms with Crippen LogP contribution in [-0.4, -0.2) is 65.0 Å². The van der Waals surface area contributed by atoms with E-state index in [0.717, 1.165) is 54.7 Å². The van der Waals surface area contributed by atoms with Crippen LogP contribution in [0.3, 0.4) is 0 Å². The van der Waals surface area contributed by atoms with Gasteiger partial charge in [-0.15, -0.1) is 11.3 Å². The molecule has 0 radical (unpaired) electrons. The van der Waals surface area contributed by atoms with E-state index in [1.54, 1.807) is 0 Å². The van der Waals surface area contributed by atoms with Gasteiger partial charge in [-0.1, -0.05) is 29.8 Å². The van der Waals surface area contributed by atoms with E-state index in [-0.39, 0.29) is 11.4 Å². The number of carbonyl (C=O) groups excluding carboxylic acids is 1. The second kappa shape index (κ2) is 9.52. The molecule has 1 amide bonds. The van der Waals surface area contributed by atoms with Crippen molar-refractivity contribution >= 4 is 17.2 Å². The molecule has 8 heteroatoms. The van der Waals surface area contributed by atoms with Crippen LogP contribution in [-0.2, 0) is 10.3 Å². The standard InChI is InChI=1S/C24H31N5O2S/c1-17-5-7-18(8-6-17)21-19(15-26-29(21)24(2,3)4)23-27-20(16-32-23)22(30)25-9-10-28-11-13-31-14-12-28/h5-8,15-16H,9-14H2,1-4H3,(H,25,30). The van der Waals surface area contributed by atoms with Gasteiger partial charge >= 0.3 is 0 Å². The molecule has 0 atom stereocenters. The fourth-order valence-electron chi connectivity index (χ4n) is 3.75. The number of amides is 1. The van der Waals surface area contributed by atoms with E-state index < -0.39 is 0 Å². The van der Waals surface area contributed by atoms with Crippen molar-refractivity contribution in [1.29, 1.82) is 0 Å². The Kier molecular flexibility index (Phi) is 6.74. The van der Waals surface area contributed by atoms with Crippen molar-refractivity contribution in [3.05, 3.63) is 47.1 Å². The summed E-state index contributed by atoms with van der Waals surface area (Å²) < 4.78 is 7.40. The summed E-state index contributed by atoms with van der Waals surface area (Å²) in [7, 11) is 0. The van der Waals surface area contributed by atoms with E-state index in [0.29, 0.717) is 12.2 Å². The first-order chi connectivity index (χ1) is 15.3. The Morgan fingerprint density at radius 1 is 1.19 bits per heavy atom. The number of hydrogen-bond acceptors (Lipinski definition) is 6. The minimum Gasteiger partial charge on any atom is -0.379 e. The zero-order valence-corrected chi connectivity index (χ0v) is 20.0. The zero-order valence-electron chi connectivity index (χ0n) is 19.2. The molecule has 1 saturated heterocycles. The van der Waals surface area contributed by atoms with E-state index in [2.05, 4.69) is 72.3 Å². The highest BCUT2D eigenvalue weighted by molar-refractivity contribution is 7.13. The molecule has 0 bridgehead atoms. The van der Waals surface area contributed by atoms with Crippen molar-refractivity contribution in [2.75, 3.05) is 39.4 Å². The highest BCUT2D eigenvalue weighted by Crippen LogP contribution is 2.36. The molecule has 1 fully saturated rings. The van der Waals surface area contributed by atoms with Gasteiger partial charge in [-0.3, -0.25) is 14.4 Å². The largest absolute Gasteiger partial charge is 0.379 e. The summed E-state index contributed by atoms with van der Waals surface area (Å²) in [6.45, 7) is 13.3. The number of hydrogen-bond donors (Lipinski definition) is 1. The predicted octanol–water partition coefficient (Wildman–Crippen LogP) is 3.80. The molecule has 3 heterocycles. The molecule has 1 aliphatic heterocycles. The molecule has 32 heavy (non-hydrogen) atoms. The zero-order chi connectivity index (χ0) is 22.7. The van der Waals surface area contributed by atoms with Crippen LogP contribution in [0, 0.1) is 6.92 Å². The second-order valence-corrected chi connectivity index (χ2v) is 9.96. The van der Waals surface area contributed by atoms with E-state index >= 15 is 0 Å². The third kappa shape index (κ3) is 5.09. The molecule has 1 N–H and O–H groups in total. The Hall–Kier alpha value is -2.55. The summed E-state index contributed by atoms with van der Waals surface area (Å²) in [5.74, 6) is -0.138. The first-order valence-corrected chi connectivity index (χ1v) is 11.9. The molecule has 0 aliphatic carbocycles. The fourth-order valence-corrected chi connectivity index (χ4v) is 4.56. The molecule has 0 unspecified atom stereocenters. The van der Waals surface area contributed by atoms with Crippen molar-refractivity contribution in [2.24, 2.45) is 0 Å². The summed E-state index contributed by atoms with van der Waals surface area (Å²) in [5.41, 5.74) is 4.53. The first kappa shape index (κ1) is 22.6. The molecule has 1 aliphatic rings. The molecule has 0 saturated carbocycles. The van der Waals surface area contributed by atoms with Gasteiger partial charge in [0.25, 0.3) is 5.91 Å². The van der Waals surface area contributed by atoms with E-state index in [1.807, 2.05) is 16.3 Å². The quantitative estimate of drug-likeness (QED) is 0.615. The second-order valence-electron chi connectivity index (χ2n) is 9.10. The third-order valence-electron chi connectivity index (χ3n) is 5.51. The maximum absolute atomic E-state index is 12.7. The summed E-state index contributed by atoms with van der Waals surface area (Å²) in [6, 6.07) is 8.44. The first-order valence-electron chi connectivity index (χ1n) is 11.0. The van der Waals surface area contributed by atoms with E-state index in [1.165, 1.54) is 16.9 Å². The van der Waals surface area contributed by atoms with Crippen molar-refractivity contribution in [3.8, 4) is 21.8 Å². The molecule has 0 spiro atoms. The highest BCUT2D eigenvalue weighted by atomic mass is 32.1. The normalized spacial score (nSPS) is 15.1. The van der Waals surface area contributed by atoms with Gasteiger partial charge in [0, 0.05) is 37.1 Å². The van der Waals surface area contributed by atoms with Crippen molar-refractivity contribution in [3.63, 3.8) is 0 Å². The van der Waals surface area contributed by atoms with Crippen molar-refractivity contribution in [2.45, 2.75) is 33.2 Å². The third-order valence-corrected chi connectivity index (χ3v) is 6.39. The number of benzene rings is 1. The smallest absolute Gasteiger partial charge is 0.270 e. The van der Waals surface area contributed by atoms with Gasteiger partial charge in [0.15, 0.2) is 0 Å². The van der Waals surface area contributed by atoms with Gasteiger partial charge in [-0.2, -0.15) is 5.10 Å². The monoisotopic (exact) mass is 453 g/mol. The molecule has 170 valence electrons. The molecular formula is C24H31N5O2S. The minimum atomic E-state index is -0.185. The van der Waals surface area contributed by atoms with E-state index in [4.69, 9.17) is 4.74 Å². The molecule has 4 rings (SSSR count). The average Bonchev–Trinajstić information content (AvgIpc) is 3.42. The number of morpholine rings is 1. The predicted molar refractivity (Wildman–Crippen MR) is 128 cm³/mol. The van der Waals surface area contributed by atoms with Crippen LogP contribution in [0.2, 0.25) is 0 Å². The summed E-state index contributed by atoms with van der Waals surface area (Å²) in [5, 5.41) is 10.3. The molecular weight excluding hydrogens is 422 g/mol. The Balaban J connectivity index is 1.54. The summed E-state index contributed by atoms with van der Waals surface area (Å²) in [4.78, 5) is 19.6. The lowest BCUT2D eigenvalue weighted by Gasteiger charge is -2.26. The topological polar surface area (TPSA) is 72.3 Å². The number of thiazole rings is 1. The van der Waals surface area contributed by atoms with Crippen LogP contribution < -0.4 is 5.32 Å². The SMILES string of the molecule is Cc1ccc(-c2c(-c3nc(C(=O)NCCN4CCOCC4)cs3)cnn2C(C)(C)C)cc1. The van der Waals surface area contributed by atoms with Gasteiger partial charge in [-0.25, -0.2) is 4.98 Å². The molecule has 3 aromatic rings. The number of nitrogens with zero attached hydrogens (tertiary/aromatic N) is 4. The minimum absolute atomic E-state index is 0.138. The van der Waals surface area contributed by atoms with Crippen LogP contribution in [0.15, 0.2) is 35.8 Å². The van der Waals surface area contributed by atoms with Crippen LogP contribution in [0.1, 0.15) is 36.8 Å². The Morgan fingerprint density at radius 3 is 2.59 bits per heavy atom. The molecule has 1 aromatic carbocycles. The lowest BCUT2D eigenvalue weighted by atomic mass is 10.0. The van der Waals surface area contributed by atoms with Gasteiger partial charge in [0.05, 0.1) is 36.2 Å². The summed E-state index contributed by atoms with van der Waals surface area (Å²) in [6.07, 6.45) is 1.86. The number of carbonyl (C=O) groups is 1. The van der Waals surface area contributed by atoms with Gasteiger partial charge < -0.3 is 10.1 Å². The highest BCUT2D eigenvalue weighted by Gasteiger charge is 2.25. The average molecular weight is 454 g/mol. The van der Waals surface area contributed by atoms with Gasteiger partial charge in [0.1, 0.15) is 10.7 Å². The number of ether oxygens (including phenoxy) is 1. The van der Waals surface area contributed by atoms with Crippen LogP contribution >= 0.6 is 11.3 Å². The van der Waals surface area contributed by atoms with Crippen LogP contribution in [0.25, 0.3) is 21.8 Å². The molecule has 2 aromatic heterocycles. The lowest BCUT2D eigenvalue weighted by molar-refractivity contribution is 0.0383. The van der Waals surface area contributed by atoms with Gasteiger partial charge in [0.2, 0.25) is 0 Å². The Labute approximate surface area is 193 Å². The lowest BCUT2D eigenvalue weighted by Crippen LogP contribution is -2.41. The Bertz CT molecular complexity index is 1060.